The quantitative estimate of drug-likeness (QED) is 0.280. The summed E-state index contributed by atoms with van der Waals surface area (Å²) in [5.41, 5.74) is 3.32. The topological polar surface area (TPSA) is 85.4 Å². The molecule has 204 valence electrons. The van der Waals surface area contributed by atoms with E-state index in [1.165, 1.54) is 6.07 Å². The molecule has 0 bridgehead atoms. The number of halogens is 2. The summed E-state index contributed by atoms with van der Waals surface area (Å²) in [7, 11) is 1.85. The van der Waals surface area contributed by atoms with Gasteiger partial charge in [-0.3, -0.25) is 9.78 Å². The first kappa shape index (κ1) is 26.0. The lowest BCUT2D eigenvalue weighted by Gasteiger charge is -2.29. The molecule has 40 heavy (non-hydrogen) atoms. The lowest BCUT2D eigenvalue weighted by molar-refractivity contribution is 0.0908. The molecular formula is C30H27ClFN5O3. The maximum atomic E-state index is 15.2. The smallest absolute Gasteiger partial charge is 0.287 e. The van der Waals surface area contributed by atoms with Crippen LogP contribution in [-0.2, 0) is 18.2 Å². The van der Waals surface area contributed by atoms with Gasteiger partial charge in [-0.2, -0.15) is 0 Å². The molecule has 1 N–H and O–H groups in total. The highest BCUT2D eigenvalue weighted by Gasteiger charge is 2.25. The van der Waals surface area contributed by atoms with Gasteiger partial charge in [0.2, 0.25) is 0 Å². The van der Waals surface area contributed by atoms with Gasteiger partial charge in [0, 0.05) is 54.4 Å². The summed E-state index contributed by atoms with van der Waals surface area (Å²) < 4.78 is 28.2. The van der Waals surface area contributed by atoms with Gasteiger partial charge in [0.05, 0.1) is 36.8 Å². The maximum Gasteiger partial charge on any atom is 0.287 e. The zero-order valence-corrected chi connectivity index (χ0v) is 22.6. The molecule has 1 aliphatic rings. The highest BCUT2D eigenvalue weighted by Crippen LogP contribution is 2.30. The van der Waals surface area contributed by atoms with E-state index in [1.807, 2.05) is 40.8 Å². The predicted molar refractivity (Wildman–Crippen MR) is 151 cm³/mol. The highest BCUT2D eigenvalue weighted by molar-refractivity contribution is 6.31. The molecule has 10 heteroatoms. The minimum atomic E-state index is -0.532. The molecule has 5 aromatic rings. The zero-order valence-electron chi connectivity index (χ0n) is 21.8. The number of aromatic nitrogens is 3. The molecule has 0 spiro atoms. The molecule has 0 radical (unpaired) electrons. The number of imidazole rings is 1. The van der Waals surface area contributed by atoms with Gasteiger partial charge in [0.15, 0.2) is 5.76 Å². The molecule has 4 heterocycles. The number of ether oxygens (including phenoxy) is 1. The number of furan rings is 1. The Kier molecular flexibility index (Phi) is 7.23. The molecule has 8 nitrogen and oxygen atoms in total. The van der Waals surface area contributed by atoms with Gasteiger partial charge in [-0.1, -0.05) is 23.7 Å². The molecule has 0 aliphatic carbocycles. The minimum Gasteiger partial charge on any atom is -0.451 e. The van der Waals surface area contributed by atoms with Gasteiger partial charge < -0.3 is 23.9 Å². The second-order valence-corrected chi connectivity index (χ2v) is 10.1. The molecule has 1 aliphatic heterocycles. The fourth-order valence-electron chi connectivity index (χ4n) is 5.03. The van der Waals surface area contributed by atoms with Gasteiger partial charge in [0.25, 0.3) is 5.91 Å². The van der Waals surface area contributed by atoms with Crippen LogP contribution >= 0.6 is 11.6 Å². The van der Waals surface area contributed by atoms with E-state index in [2.05, 4.69) is 15.3 Å². The Morgan fingerprint density at radius 1 is 1.10 bits per heavy atom. The fraction of sp³-hybridized carbons (Fsp3) is 0.233. The zero-order chi connectivity index (χ0) is 27.6. The molecule has 0 saturated carbocycles. The lowest BCUT2D eigenvalue weighted by atomic mass is 10.1. The van der Waals surface area contributed by atoms with Crippen molar-refractivity contribution in [3.05, 3.63) is 101 Å². The third-order valence-electron chi connectivity index (χ3n) is 7.08. The molecule has 6 rings (SSSR count). The molecule has 1 saturated heterocycles. The molecule has 1 fully saturated rings. The number of nitrogens with zero attached hydrogens (tertiary/aromatic N) is 4. The van der Waals surface area contributed by atoms with E-state index in [4.69, 9.17) is 20.8 Å². The van der Waals surface area contributed by atoms with E-state index in [9.17, 15) is 4.79 Å². The van der Waals surface area contributed by atoms with Crippen molar-refractivity contribution in [1.82, 2.24) is 19.9 Å². The summed E-state index contributed by atoms with van der Waals surface area (Å²) in [4.78, 5) is 24.4. The Morgan fingerprint density at radius 2 is 1.95 bits per heavy atom. The first-order valence-corrected chi connectivity index (χ1v) is 13.4. The van der Waals surface area contributed by atoms with Gasteiger partial charge in [-0.05, 0) is 48.5 Å². The Balaban J connectivity index is 1.30. The maximum absolute atomic E-state index is 15.2. The van der Waals surface area contributed by atoms with Crippen LogP contribution in [0.1, 0.15) is 28.1 Å². The number of carbonyl (C=O) groups excluding carboxylic acids is 1. The Morgan fingerprint density at radius 3 is 2.73 bits per heavy atom. The van der Waals surface area contributed by atoms with E-state index < -0.39 is 11.9 Å². The van der Waals surface area contributed by atoms with Crippen LogP contribution in [0.2, 0.25) is 5.02 Å². The van der Waals surface area contributed by atoms with Crippen molar-refractivity contribution in [2.75, 3.05) is 31.2 Å². The van der Waals surface area contributed by atoms with Crippen LogP contribution < -0.4 is 10.2 Å². The van der Waals surface area contributed by atoms with Crippen LogP contribution in [0, 0.1) is 5.82 Å². The number of carbonyl (C=O) groups is 1. The number of fused-ring (bicyclic) bond motifs is 1. The van der Waals surface area contributed by atoms with E-state index in [-0.39, 0.29) is 11.6 Å². The largest absolute Gasteiger partial charge is 0.451 e. The summed E-state index contributed by atoms with van der Waals surface area (Å²) in [6, 6.07) is 17.2. The average molecular weight is 560 g/mol. The van der Waals surface area contributed by atoms with Crippen LogP contribution in [0.3, 0.4) is 0 Å². The van der Waals surface area contributed by atoms with Crippen molar-refractivity contribution >= 4 is 34.2 Å². The van der Waals surface area contributed by atoms with Crippen LogP contribution in [-0.4, -0.2) is 46.7 Å². The van der Waals surface area contributed by atoms with E-state index in [0.29, 0.717) is 60.4 Å². The predicted octanol–water partition coefficient (Wildman–Crippen LogP) is 5.57. The molecular weight excluding hydrogens is 533 g/mol. The van der Waals surface area contributed by atoms with Crippen molar-refractivity contribution in [2.24, 2.45) is 7.05 Å². The third-order valence-corrected chi connectivity index (χ3v) is 7.31. The number of hydrogen-bond acceptors (Lipinski definition) is 6. The van der Waals surface area contributed by atoms with Crippen molar-refractivity contribution in [3.8, 4) is 11.3 Å². The summed E-state index contributed by atoms with van der Waals surface area (Å²) in [6.45, 7) is 2.47. The van der Waals surface area contributed by atoms with Crippen molar-refractivity contribution in [2.45, 2.75) is 12.5 Å². The van der Waals surface area contributed by atoms with E-state index in [1.54, 1.807) is 42.7 Å². The molecule has 3 aromatic heterocycles. The third kappa shape index (κ3) is 5.30. The summed E-state index contributed by atoms with van der Waals surface area (Å²) in [6.07, 6.45) is 3.80. The van der Waals surface area contributed by atoms with Crippen LogP contribution in [0.5, 0.6) is 0 Å². The van der Waals surface area contributed by atoms with Crippen LogP contribution in [0.25, 0.3) is 22.2 Å². The Hall–Kier alpha value is -4.21. The van der Waals surface area contributed by atoms with E-state index in [0.717, 1.165) is 16.8 Å². The average Bonchev–Trinajstić information content (AvgIpc) is 3.57. The normalized spacial score (nSPS) is 14.4. The molecule has 2 aromatic carbocycles. The van der Waals surface area contributed by atoms with Gasteiger partial charge in [-0.15, -0.1) is 0 Å². The van der Waals surface area contributed by atoms with Gasteiger partial charge >= 0.3 is 0 Å². The first-order valence-electron chi connectivity index (χ1n) is 13.0. The number of morpholine rings is 1. The van der Waals surface area contributed by atoms with Gasteiger partial charge in [-0.25, -0.2) is 9.37 Å². The summed E-state index contributed by atoms with van der Waals surface area (Å²) in [5, 5.41) is 4.36. The van der Waals surface area contributed by atoms with Crippen molar-refractivity contribution in [1.29, 1.82) is 0 Å². The second kappa shape index (κ2) is 11.1. The molecule has 1 amide bonds. The monoisotopic (exact) mass is 559 g/mol. The fourth-order valence-corrected chi connectivity index (χ4v) is 5.21. The molecule has 1 atom stereocenters. The van der Waals surface area contributed by atoms with Crippen molar-refractivity contribution in [3.63, 3.8) is 0 Å². The summed E-state index contributed by atoms with van der Waals surface area (Å²) in [5.74, 6) is 0.0773. The number of pyridine rings is 1. The Labute approximate surface area is 235 Å². The second-order valence-electron chi connectivity index (χ2n) is 9.67. The Bertz CT molecular complexity index is 1660. The van der Waals surface area contributed by atoms with Gasteiger partial charge in [0.1, 0.15) is 17.2 Å². The van der Waals surface area contributed by atoms with Crippen LogP contribution in [0.15, 0.2) is 77.5 Å². The number of amides is 1. The number of rotatable bonds is 7. The number of benzene rings is 2. The number of hydrogen-bond donors (Lipinski definition) is 1. The summed E-state index contributed by atoms with van der Waals surface area (Å²) >= 11 is 6.10. The lowest BCUT2D eigenvalue weighted by Crippen LogP contribution is -2.36. The van der Waals surface area contributed by atoms with E-state index >= 15 is 4.39 Å². The van der Waals surface area contributed by atoms with Crippen molar-refractivity contribution < 1.29 is 18.3 Å². The minimum absolute atomic E-state index is 0.165. The number of nitrogens with one attached hydrogen (secondary N) is 1. The number of anilines is 1. The SMILES string of the molecule is Cn1c(-c2ccc(N3CCOCC3)c(F)c2)cnc1C(Cc1ccccn1)NC(=O)c1cc2cc(Cl)ccc2o1. The highest BCUT2D eigenvalue weighted by atomic mass is 35.5. The molecule has 1 unspecified atom stereocenters. The van der Waals surface area contributed by atoms with Crippen LogP contribution in [0.4, 0.5) is 10.1 Å². The first-order chi connectivity index (χ1) is 19.5. The standard InChI is InChI=1S/C30H27ClFN5O3/c1-36-26(19-5-7-25(23(32)15-19)37-10-12-39-13-11-37)18-34-29(36)24(17-22-4-2-3-9-33-22)35-30(38)28-16-20-14-21(31)6-8-27(20)40-28/h2-9,14-16,18,24H,10-13,17H2,1H3,(H,35,38).